The third-order valence-corrected chi connectivity index (χ3v) is 5.43. The third kappa shape index (κ3) is 4.87. The summed E-state index contributed by atoms with van der Waals surface area (Å²) < 4.78 is 11.0. The predicted octanol–water partition coefficient (Wildman–Crippen LogP) is 1.32. The Hall–Kier alpha value is -2.74. The number of carbonyl (C=O) groups excluding carboxylic acids is 1. The second kappa shape index (κ2) is 10.3. The van der Waals surface area contributed by atoms with Gasteiger partial charge in [0, 0.05) is 31.4 Å². The minimum absolute atomic E-state index is 0.308. The first kappa shape index (κ1) is 22.0. The zero-order valence-electron chi connectivity index (χ0n) is 18.5. The summed E-state index contributed by atoms with van der Waals surface area (Å²) in [6.45, 7) is 4.65. The van der Waals surface area contributed by atoms with Crippen LogP contribution in [0.1, 0.15) is 30.9 Å². The number of rotatable bonds is 9. The summed E-state index contributed by atoms with van der Waals surface area (Å²) >= 11 is 0. The van der Waals surface area contributed by atoms with Gasteiger partial charge in [0.25, 0.3) is 0 Å². The molecule has 0 saturated heterocycles. The van der Waals surface area contributed by atoms with Crippen LogP contribution in [0.5, 0.6) is 5.75 Å². The maximum absolute atomic E-state index is 12.4. The number of anilines is 2. The highest BCUT2D eigenvalue weighted by Crippen LogP contribution is 2.44. The van der Waals surface area contributed by atoms with Gasteiger partial charge in [0.1, 0.15) is 11.9 Å². The smallest absolute Gasteiger partial charge is 0.356 e. The molecule has 30 heavy (non-hydrogen) atoms. The Balaban J connectivity index is 1.91. The second-order valence-electron chi connectivity index (χ2n) is 7.62. The quantitative estimate of drug-likeness (QED) is 0.359. The summed E-state index contributed by atoms with van der Waals surface area (Å²) in [4.78, 5) is 16.8. The molecule has 3 rings (SSSR count). The molecule has 3 N–H and O–H groups in total. The number of hydrogen-bond acceptors (Lipinski definition) is 7. The Labute approximate surface area is 178 Å². The molecule has 164 valence electrons. The van der Waals surface area contributed by atoms with Gasteiger partial charge in [0.05, 0.1) is 39.2 Å². The van der Waals surface area contributed by atoms with Crippen molar-refractivity contribution in [2.75, 3.05) is 57.8 Å². The molecule has 1 aromatic carbocycles. The molecule has 0 bridgehead atoms. The molecule has 1 aromatic rings. The molecule has 0 amide bonds. The molecule has 2 heterocycles. The normalized spacial score (nSPS) is 15.7. The SMILES string of the molecule is CCOC(=O)/C(CN(C)/C=C\[NH2+]C)=N\Nc1cc2c3c(c1OC)CCCN3CCC2. The van der Waals surface area contributed by atoms with Gasteiger partial charge in [-0.25, -0.2) is 4.79 Å². The summed E-state index contributed by atoms with van der Waals surface area (Å²) in [5.41, 5.74) is 8.14. The van der Waals surface area contributed by atoms with Crippen LogP contribution in [-0.2, 0) is 22.4 Å². The van der Waals surface area contributed by atoms with Gasteiger partial charge in [-0.2, -0.15) is 5.10 Å². The van der Waals surface area contributed by atoms with Crippen LogP contribution in [0, 0.1) is 0 Å². The van der Waals surface area contributed by atoms with Gasteiger partial charge in [-0.05, 0) is 44.2 Å². The van der Waals surface area contributed by atoms with E-state index in [2.05, 4.69) is 21.5 Å². The first-order chi connectivity index (χ1) is 14.6. The number of esters is 1. The van der Waals surface area contributed by atoms with E-state index in [1.807, 2.05) is 36.7 Å². The van der Waals surface area contributed by atoms with E-state index in [1.54, 1.807) is 14.0 Å². The molecule has 0 atom stereocenters. The summed E-state index contributed by atoms with van der Waals surface area (Å²) in [5, 5.41) is 6.38. The number of ether oxygens (including phenoxy) is 2. The van der Waals surface area contributed by atoms with Gasteiger partial charge in [0.15, 0.2) is 5.71 Å². The number of benzene rings is 1. The molecule has 8 heteroatoms. The minimum Gasteiger partial charge on any atom is -0.494 e. The van der Waals surface area contributed by atoms with E-state index in [9.17, 15) is 4.79 Å². The van der Waals surface area contributed by atoms with Crippen molar-refractivity contribution in [1.82, 2.24) is 4.90 Å². The number of nitrogens with zero attached hydrogens (tertiary/aromatic N) is 3. The number of carbonyl (C=O) groups is 1. The molecule has 0 radical (unpaired) electrons. The van der Waals surface area contributed by atoms with Crippen LogP contribution in [0.3, 0.4) is 0 Å². The average molecular weight is 417 g/mol. The molecule has 0 aliphatic carbocycles. The number of nitrogens with two attached hydrogens (primary N) is 1. The molecule has 8 nitrogen and oxygen atoms in total. The summed E-state index contributed by atoms with van der Waals surface area (Å²) in [5.74, 6) is 0.399. The molecule has 0 spiro atoms. The maximum Gasteiger partial charge on any atom is 0.356 e. The summed E-state index contributed by atoms with van der Waals surface area (Å²) in [6.07, 6.45) is 8.13. The van der Waals surface area contributed by atoms with Gasteiger partial charge in [-0.15, -0.1) is 0 Å². The fraction of sp³-hybridized carbons (Fsp3) is 0.545. The maximum atomic E-state index is 12.4. The number of nitrogens with one attached hydrogen (secondary N) is 1. The first-order valence-corrected chi connectivity index (χ1v) is 10.7. The zero-order valence-corrected chi connectivity index (χ0v) is 18.5. The molecule has 0 aromatic heterocycles. The highest BCUT2D eigenvalue weighted by atomic mass is 16.5. The third-order valence-electron chi connectivity index (χ3n) is 5.43. The Bertz CT molecular complexity index is 819. The minimum atomic E-state index is -0.421. The summed E-state index contributed by atoms with van der Waals surface area (Å²) in [7, 11) is 5.54. The van der Waals surface area contributed by atoms with Crippen molar-refractivity contribution in [2.45, 2.75) is 32.6 Å². The fourth-order valence-electron chi connectivity index (χ4n) is 4.16. The number of aryl methyl sites for hydroxylation is 1. The lowest BCUT2D eigenvalue weighted by atomic mass is 9.90. The van der Waals surface area contributed by atoms with Gasteiger partial charge in [-0.3, -0.25) is 5.43 Å². The lowest BCUT2D eigenvalue weighted by Gasteiger charge is -2.38. The number of quaternary nitrogens is 1. The summed E-state index contributed by atoms with van der Waals surface area (Å²) in [6, 6.07) is 2.12. The lowest BCUT2D eigenvalue weighted by molar-refractivity contribution is -0.557. The highest BCUT2D eigenvalue weighted by molar-refractivity contribution is 6.37. The van der Waals surface area contributed by atoms with Gasteiger partial charge < -0.3 is 24.6 Å². The number of methoxy groups -OCH3 is 1. The highest BCUT2D eigenvalue weighted by Gasteiger charge is 2.28. The van der Waals surface area contributed by atoms with Crippen LogP contribution in [-0.4, -0.2) is 64.0 Å². The molecule has 2 aliphatic rings. The Kier molecular flexibility index (Phi) is 7.57. The lowest BCUT2D eigenvalue weighted by Crippen LogP contribution is -2.72. The van der Waals surface area contributed by atoms with Gasteiger partial charge in [0.2, 0.25) is 0 Å². The Morgan fingerprint density at radius 2 is 2.13 bits per heavy atom. The van der Waals surface area contributed by atoms with Crippen LogP contribution in [0.15, 0.2) is 23.6 Å². The van der Waals surface area contributed by atoms with Gasteiger partial charge in [-0.1, -0.05) is 0 Å². The molecular formula is C22H34N5O3+. The van der Waals surface area contributed by atoms with Crippen molar-refractivity contribution < 1.29 is 19.6 Å². The van der Waals surface area contributed by atoms with Crippen molar-refractivity contribution in [3.05, 3.63) is 29.6 Å². The van der Waals surface area contributed by atoms with Crippen LogP contribution in [0.25, 0.3) is 0 Å². The monoisotopic (exact) mass is 416 g/mol. The van der Waals surface area contributed by atoms with Crippen molar-refractivity contribution in [3.8, 4) is 5.75 Å². The topological polar surface area (TPSA) is 83.0 Å². The van der Waals surface area contributed by atoms with E-state index in [0.717, 1.165) is 50.2 Å². The van der Waals surface area contributed by atoms with Crippen molar-refractivity contribution >= 4 is 23.1 Å². The van der Waals surface area contributed by atoms with Crippen molar-refractivity contribution in [1.29, 1.82) is 0 Å². The van der Waals surface area contributed by atoms with Crippen molar-refractivity contribution in [3.63, 3.8) is 0 Å². The molecule has 0 unspecified atom stereocenters. The first-order valence-electron chi connectivity index (χ1n) is 10.7. The van der Waals surface area contributed by atoms with E-state index in [1.165, 1.54) is 16.8 Å². The van der Waals surface area contributed by atoms with E-state index in [4.69, 9.17) is 9.47 Å². The van der Waals surface area contributed by atoms with Crippen LogP contribution in [0.2, 0.25) is 0 Å². The predicted molar refractivity (Wildman–Crippen MR) is 119 cm³/mol. The van der Waals surface area contributed by atoms with E-state index in [0.29, 0.717) is 18.9 Å². The number of hydrogen-bond donors (Lipinski definition) is 2. The average Bonchev–Trinajstić information content (AvgIpc) is 2.75. The molecule has 0 saturated carbocycles. The van der Waals surface area contributed by atoms with Crippen molar-refractivity contribution in [2.24, 2.45) is 5.10 Å². The van der Waals surface area contributed by atoms with Crippen LogP contribution < -0.4 is 20.4 Å². The standard InChI is InChI=1S/C22H33N5O3/c1-5-30-22(28)19(15-26(3)13-10-23-2)25-24-18-14-16-8-6-11-27-12-7-9-17(20(16)27)21(18)29-4/h10,13-14,23-24H,5-9,11-12,15H2,1-4H3/p+1/b13-10-,25-19-. The van der Waals surface area contributed by atoms with E-state index in [-0.39, 0.29) is 0 Å². The van der Waals surface area contributed by atoms with Gasteiger partial charge >= 0.3 is 5.97 Å². The second-order valence-corrected chi connectivity index (χ2v) is 7.62. The molecule has 0 fully saturated rings. The van der Waals surface area contributed by atoms with E-state index < -0.39 is 5.97 Å². The molecular weight excluding hydrogens is 382 g/mol. The van der Waals surface area contributed by atoms with Crippen LogP contribution >= 0.6 is 0 Å². The van der Waals surface area contributed by atoms with Crippen LogP contribution in [0.4, 0.5) is 11.4 Å². The molecule has 2 aliphatic heterocycles. The largest absolute Gasteiger partial charge is 0.494 e. The fourth-order valence-corrected chi connectivity index (χ4v) is 4.16. The number of hydrazone groups is 1. The Morgan fingerprint density at radius 1 is 1.37 bits per heavy atom. The van der Waals surface area contributed by atoms with E-state index >= 15 is 0 Å². The zero-order chi connectivity index (χ0) is 21.5. The Morgan fingerprint density at radius 3 is 2.83 bits per heavy atom.